The van der Waals surface area contributed by atoms with Crippen molar-refractivity contribution in [2.45, 2.75) is 6.54 Å². The zero-order valence-corrected chi connectivity index (χ0v) is 6.88. The molecule has 2 aliphatic rings. The van der Waals surface area contributed by atoms with Crippen LogP contribution >= 0.6 is 0 Å². The summed E-state index contributed by atoms with van der Waals surface area (Å²) in [5, 5.41) is 10.9. The Morgan fingerprint density at radius 2 is 2.38 bits per heavy atom. The van der Waals surface area contributed by atoms with Crippen LogP contribution in [0, 0.1) is 0 Å². The van der Waals surface area contributed by atoms with Crippen LogP contribution in [-0.4, -0.2) is 25.0 Å². The lowest BCUT2D eigenvalue weighted by Crippen LogP contribution is -2.08. The fourth-order valence-corrected chi connectivity index (χ4v) is 1.06. The summed E-state index contributed by atoms with van der Waals surface area (Å²) in [6.07, 6.45) is 3.32. The molecule has 0 aliphatic carbocycles. The predicted octanol–water partition coefficient (Wildman–Crippen LogP) is -0.0589. The summed E-state index contributed by atoms with van der Waals surface area (Å²) in [6.45, 7) is 4.21. The van der Waals surface area contributed by atoms with E-state index in [-0.39, 0.29) is 0 Å². The standard InChI is InChI=1S/C7H8N6/c1-2-3-13-4-9-7-5(6(13)8)10-12-11-7/h2,4H,1,3,8H2. The first-order valence-corrected chi connectivity index (χ1v) is 3.73. The van der Waals surface area contributed by atoms with E-state index in [2.05, 4.69) is 27.0 Å². The molecule has 2 aliphatic heterocycles. The van der Waals surface area contributed by atoms with E-state index in [0.29, 0.717) is 23.9 Å². The van der Waals surface area contributed by atoms with Gasteiger partial charge < -0.3 is 10.3 Å². The molecule has 0 saturated carbocycles. The van der Waals surface area contributed by atoms with Crippen LogP contribution in [0.2, 0.25) is 0 Å². The summed E-state index contributed by atoms with van der Waals surface area (Å²) in [5.41, 5.74) is 6.31. The van der Waals surface area contributed by atoms with Gasteiger partial charge >= 0.3 is 0 Å². The number of anilines is 1. The minimum absolute atomic E-state index is 0.470. The van der Waals surface area contributed by atoms with E-state index in [1.165, 1.54) is 0 Å². The first-order valence-electron chi connectivity index (χ1n) is 3.73. The number of hydrogen-bond acceptors (Lipinski definition) is 5. The topological polar surface area (TPSA) is 82.5 Å². The predicted molar refractivity (Wildman–Crippen MR) is 46.8 cm³/mol. The lowest BCUT2D eigenvalue weighted by Gasteiger charge is -2.07. The lowest BCUT2D eigenvalue weighted by atomic mass is 10.4. The van der Waals surface area contributed by atoms with Gasteiger partial charge in [0.15, 0.2) is 5.69 Å². The minimum Gasteiger partial charge on any atom is -0.383 e. The van der Waals surface area contributed by atoms with Crippen LogP contribution in [0.3, 0.4) is 0 Å². The Morgan fingerprint density at radius 1 is 1.54 bits per heavy atom. The molecule has 2 N–H and O–H groups in total. The first-order chi connectivity index (χ1) is 6.33. The highest BCUT2D eigenvalue weighted by atomic mass is 15.4. The van der Waals surface area contributed by atoms with E-state index in [4.69, 9.17) is 5.73 Å². The Labute approximate surface area is 74.4 Å². The molecule has 0 fully saturated rings. The SMILES string of the molecule is C=CCn1cnc2nnnc-2c1N. The molecular weight excluding hydrogens is 168 g/mol. The summed E-state index contributed by atoms with van der Waals surface area (Å²) < 4.78 is 1.73. The Morgan fingerprint density at radius 3 is 3.15 bits per heavy atom. The van der Waals surface area contributed by atoms with Crippen molar-refractivity contribution >= 4 is 5.82 Å². The quantitative estimate of drug-likeness (QED) is 0.648. The summed E-state index contributed by atoms with van der Waals surface area (Å²) in [4.78, 5) is 4.02. The van der Waals surface area contributed by atoms with Crippen LogP contribution in [0.25, 0.3) is 11.5 Å². The molecule has 2 heterocycles. The monoisotopic (exact) mass is 176 g/mol. The normalized spacial score (nSPS) is 10.5. The minimum atomic E-state index is 0.470. The molecule has 0 spiro atoms. The Kier molecular flexibility index (Phi) is 1.66. The van der Waals surface area contributed by atoms with E-state index in [1.54, 1.807) is 17.0 Å². The number of rotatable bonds is 2. The molecule has 66 valence electrons. The van der Waals surface area contributed by atoms with Gasteiger partial charge in [-0.15, -0.1) is 16.8 Å². The molecule has 6 heteroatoms. The zero-order chi connectivity index (χ0) is 9.26. The number of hydrogen-bond donors (Lipinski definition) is 1. The second kappa shape index (κ2) is 2.81. The van der Waals surface area contributed by atoms with E-state index in [1.807, 2.05) is 0 Å². The number of allylic oxidation sites excluding steroid dienone is 1. The van der Waals surface area contributed by atoms with Crippen molar-refractivity contribution in [3.8, 4) is 11.5 Å². The Bertz CT molecular complexity index is 406. The van der Waals surface area contributed by atoms with Crippen LogP contribution in [0.5, 0.6) is 0 Å². The number of nitrogens with zero attached hydrogens (tertiary/aromatic N) is 5. The van der Waals surface area contributed by atoms with E-state index >= 15 is 0 Å². The molecule has 6 nitrogen and oxygen atoms in total. The number of nitrogens with two attached hydrogens (primary N) is 1. The van der Waals surface area contributed by atoms with Gasteiger partial charge in [0.2, 0.25) is 5.82 Å². The van der Waals surface area contributed by atoms with Gasteiger partial charge in [0.1, 0.15) is 5.82 Å². The molecular formula is C7H8N6. The summed E-state index contributed by atoms with van der Waals surface area (Å²) in [6, 6.07) is 0. The van der Waals surface area contributed by atoms with Gasteiger partial charge in [-0.2, -0.15) is 0 Å². The van der Waals surface area contributed by atoms with Gasteiger partial charge in [0, 0.05) is 6.54 Å². The molecule has 13 heavy (non-hydrogen) atoms. The van der Waals surface area contributed by atoms with E-state index < -0.39 is 0 Å². The Balaban J connectivity index is 2.59. The summed E-state index contributed by atoms with van der Waals surface area (Å²) in [5.74, 6) is 0.979. The van der Waals surface area contributed by atoms with E-state index in [0.717, 1.165) is 0 Å². The number of aromatic nitrogens is 5. The van der Waals surface area contributed by atoms with Crippen LogP contribution in [0.4, 0.5) is 5.82 Å². The Hall–Kier alpha value is -1.98. The van der Waals surface area contributed by atoms with Gasteiger partial charge in [-0.1, -0.05) is 6.08 Å². The zero-order valence-electron chi connectivity index (χ0n) is 6.88. The average molecular weight is 176 g/mol. The third-order valence-electron chi connectivity index (χ3n) is 1.69. The second-order valence-electron chi connectivity index (χ2n) is 2.53. The molecule has 0 radical (unpaired) electrons. The number of fused-ring (bicyclic) bond motifs is 1. The number of nitrogen functional groups attached to an aromatic ring is 1. The molecule has 0 aromatic rings. The molecule has 0 unspecified atom stereocenters. The van der Waals surface area contributed by atoms with Crippen molar-refractivity contribution in [2.24, 2.45) is 0 Å². The van der Waals surface area contributed by atoms with Crippen LogP contribution < -0.4 is 5.73 Å². The second-order valence-corrected chi connectivity index (χ2v) is 2.53. The third-order valence-corrected chi connectivity index (χ3v) is 1.69. The molecule has 0 saturated heterocycles. The first kappa shape index (κ1) is 7.66. The fourth-order valence-electron chi connectivity index (χ4n) is 1.06. The highest BCUT2D eigenvalue weighted by molar-refractivity contribution is 5.63. The maximum atomic E-state index is 5.78. The van der Waals surface area contributed by atoms with Gasteiger partial charge in [0.05, 0.1) is 6.33 Å². The van der Waals surface area contributed by atoms with Crippen molar-refractivity contribution < 1.29 is 0 Å². The van der Waals surface area contributed by atoms with Gasteiger partial charge in [-0.25, -0.2) is 4.98 Å². The van der Waals surface area contributed by atoms with Gasteiger partial charge in [0.25, 0.3) is 0 Å². The molecule has 2 rings (SSSR count). The molecule has 0 aromatic heterocycles. The maximum Gasteiger partial charge on any atom is 0.209 e. The third kappa shape index (κ3) is 1.12. The van der Waals surface area contributed by atoms with Crippen molar-refractivity contribution in [3.05, 3.63) is 19.0 Å². The van der Waals surface area contributed by atoms with Crippen LogP contribution in [-0.2, 0) is 6.54 Å². The van der Waals surface area contributed by atoms with Gasteiger partial charge in [-0.3, -0.25) is 0 Å². The largest absolute Gasteiger partial charge is 0.383 e. The van der Waals surface area contributed by atoms with E-state index in [9.17, 15) is 0 Å². The van der Waals surface area contributed by atoms with Crippen LogP contribution in [0.15, 0.2) is 19.0 Å². The average Bonchev–Trinajstić information content (AvgIpc) is 2.58. The van der Waals surface area contributed by atoms with Crippen molar-refractivity contribution in [1.29, 1.82) is 0 Å². The molecule has 0 aromatic carbocycles. The highest BCUT2D eigenvalue weighted by Gasteiger charge is 2.14. The van der Waals surface area contributed by atoms with Crippen molar-refractivity contribution in [1.82, 2.24) is 25.0 Å². The smallest absolute Gasteiger partial charge is 0.209 e. The van der Waals surface area contributed by atoms with Crippen molar-refractivity contribution in [2.75, 3.05) is 5.73 Å². The molecule has 0 atom stereocenters. The molecule has 0 bridgehead atoms. The van der Waals surface area contributed by atoms with Crippen LogP contribution in [0.1, 0.15) is 0 Å². The van der Waals surface area contributed by atoms with Gasteiger partial charge in [-0.05, 0) is 5.21 Å². The molecule has 0 amide bonds. The summed E-state index contributed by atoms with van der Waals surface area (Å²) in [7, 11) is 0. The summed E-state index contributed by atoms with van der Waals surface area (Å²) >= 11 is 0. The fraction of sp³-hybridized carbons (Fsp3) is 0.143. The maximum absolute atomic E-state index is 5.78. The highest BCUT2D eigenvalue weighted by Crippen LogP contribution is 2.19. The lowest BCUT2D eigenvalue weighted by molar-refractivity contribution is 0.797. The van der Waals surface area contributed by atoms with Crippen molar-refractivity contribution in [3.63, 3.8) is 0 Å².